The molecule has 2 aromatic carbocycles. The molecule has 0 radical (unpaired) electrons. The fraction of sp³-hybridized carbons (Fsp3) is 0.500. The highest BCUT2D eigenvalue weighted by Gasteiger charge is 2.82. The van der Waals surface area contributed by atoms with Crippen LogP contribution in [0.15, 0.2) is 48.8 Å². The lowest BCUT2D eigenvalue weighted by Gasteiger charge is -2.74. The second kappa shape index (κ2) is 8.72. The molecule has 1 aliphatic heterocycles. The van der Waals surface area contributed by atoms with Gasteiger partial charge < -0.3 is 19.7 Å². The predicted molar refractivity (Wildman–Crippen MR) is 123 cm³/mol. The SMILES string of the molecule is O[C@H](COc1ccc(C23CC(C(F)(F)[C@@](O)(Cn4cnnn4)c4ccc(F)cc4F)(C2)C3)cc1)C1COC1. The van der Waals surface area contributed by atoms with Gasteiger partial charge in [-0.05, 0) is 64.9 Å². The lowest BCUT2D eigenvalue weighted by Crippen LogP contribution is -2.76. The number of hydrogen-bond donors (Lipinski definition) is 2. The Hall–Kier alpha value is -3.09. The van der Waals surface area contributed by atoms with Crippen molar-refractivity contribution in [3.8, 4) is 5.75 Å². The third-order valence-electron chi connectivity index (χ3n) is 8.47. The van der Waals surface area contributed by atoms with Crippen molar-refractivity contribution >= 4 is 0 Å². The zero-order valence-electron chi connectivity index (χ0n) is 20.2. The summed E-state index contributed by atoms with van der Waals surface area (Å²) in [5.74, 6) is -5.37. The van der Waals surface area contributed by atoms with E-state index in [2.05, 4.69) is 15.5 Å². The van der Waals surface area contributed by atoms with E-state index >= 15 is 8.78 Å². The molecule has 1 saturated heterocycles. The molecule has 0 amide bonds. The summed E-state index contributed by atoms with van der Waals surface area (Å²) in [4.78, 5) is 0. The van der Waals surface area contributed by atoms with E-state index in [0.29, 0.717) is 25.0 Å². The highest BCUT2D eigenvalue weighted by molar-refractivity contribution is 5.44. The third kappa shape index (κ3) is 3.72. The molecule has 202 valence electrons. The summed E-state index contributed by atoms with van der Waals surface area (Å²) >= 11 is 0. The van der Waals surface area contributed by atoms with E-state index in [-0.39, 0.29) is 31.8 Å². The molecule has 2 heterocycles. The van der Waals surface area contributed by atoms with Crippen molar-refractivity contribution in [3.63, 3.8) is 0 Å². The van der Waals surface area contributed by atoms with E-state index < -0.39 is 52.2 Å². The molecule has 1 aromatic heterocycles. The second-order valence-electron chi connectivity index (χ2n) is 10.9. The molecule has 0 spiro atoms. The van der Waals surface area contributed by atoms with Gasteiger partial charge in [-0.2, -0.15) is 0 Å². The van der Waals surface area contributed by atoms with Crippen LogP contribution >= 0.6 is 0 Å². The van der Waals surface area contributed by atoms with E-state index in [1.54, 1.807) is 12.1 Å². The standard InChI is InChI=1S/C26H26F4N4O4/c27-18-3-6-20(21(28)7-18)25(36,14-34-15-31-32-33-34)26(29,30)24-11-23(12-24,13-24)17-1-4-19(5-2-17)38-10-22(35)16-8-37-9-16/h1-7,15-16,22,35-36H,8-14H2/t22-,23?,24?,25-/m1/s1. The minimum Gasteiger partial charge on any atom is -0.491 e. The maximum atomic E-state index is 16.3. The van der Waals surface area contributed by atoms with Gasteiger partial charge in [-0.3, -0.25) is 0 Å². The topological polar surface area (TPSA) is 103 Å². The molecule has 2 bridgehead atoms. The van der Waals surface area contributed by atoms with E-state index in [4.69, 9.17) is 9.47 Å². The molecule has 3 aliphatic carbocycles. The van der Waals surface area contributed by atoms with E-state index in [0.717, 1.165) is 28.7 Å². The average molecular weight is 535 g/mol. The predicted octanol–water partition coefficient (Wildman–Crippen LogP) is 2.98. The Balaban J connectivity index is 1.19. The normalized spacial score (nSPS) is 27.0. The van der Waals surface area contributed by atoms with Gasteiger partial charge in [0.15, 0.2) is 5.60 Å². The first-order chi connectivity index (χ1) is 18.1. The fourth-order valence-electron chi connectivity index (χ4n) is 6.23. The highest BCUT2D eigenvalue weighted by atomic mass is 19.3. The van der Waals surface area contributed by atoms with Gasteiger partial charge in [0.05, 0.1) is 25.9 Å². The average Bonchev–Trinajstić information content (AvgIpc) is 3.28. The number of hydrogen-bond acceptors (Lipinski definition) is 7. The molecule has 3 saturated carbocycles. The minimum absolute atomic E-state index is 0.0655. The number of halogens is 4. The summed E-state index contributed by atoms with van der Waals surface area (Å²) in [5, 5.41) is 31.9. The van der Waals surface area contributed by atoms with Crippen molar-refractivity contribution in [2.24, 2.45) is 11.3 Å². The van der Waals surface area contributed by atoms with Crippen LogP contribution < -0.4 is 4.74 Å². The summed E-state index contributed by atoms with van der Waals surface area (Å²) in [5.41, 5.74) is -4.91. The van der Waals surface area contributed by atoms with Gasteiger partial charge in [0, 0.05) is 23.0 Å². The number of benzene rings is 2. The first kappa shape index (κ1) is 25.2. The molecule has 2 atom stereocenters. The number of rotatable bonds is 10. The smallest absolute Gasteiger partial charge is 0.287 e. The minimum atomic E-state index is -3.78. The molecule has 8 nitrogen and oxygen atoms in total. The quantitative estimate of drug-likeness (QED) is 0.386. The van der Waals surface area contributed by atoms with Gasteiger partial charge in [-0.15, -0.1) is 5.10 Å². The third-order valence-corrected chi connectivity index (χ3v) is 8.47. The molecule has 7 rings (SSSR count). The lowest BCUT2D eigenvalue weighted by molar-refractivity contribution is -0.347. The monoisotopic (exact) mass is 534 g/mol. The van der Waals surface area contributed by atoms with Gasteiger partial charge in [0.1, 0.15) is 30.3 Å². The number of alkyl halides is 2. The van der Waals surface area contributed by atoms with E-state index in [1.165, 1.54) is 0 Å². The van der Waals surface area contributed by atoms with Gasteiger partial charge in [0.25, 0.3) is 5.92 Å². The zero-order valence-corrected chi connectivity index (χ0v) is 20.2. The van der Waals surface area contributed by atoms with Gasteiger partial charge in [-0.1, -0.05) is 12.1 Å². The Kier molecular flexibility index (Phi) is 5.78. The number of tetrazole rings is 1. The number of aliphatic hydroxyl groups is 2. The van der Waals surface area contributed by atoms with Crippen LogP contribution in [0, 0.1) is 23.0 Å². The number of nitrogens with zero attached hydrogens (tertiary/aromatic N) is 4. The Labute approximate surface area is 215 Å². The molecule has 38 heavy (non-hydrogen) atoms. The lowest BCUT2D eigenvalue weighted by atomic mass is 9.30. The van der Waals surface area contributed by atoms with Crippen molar-refractivity contribution in [3.05, 3.63) is 71.6 Å². The van der Waals surface area contributed by atoms with Crippen LogP contribution in [0.4, 0.5) is 17.6 Å². The molecule has 4 aliphatic rings. The summed E-state index contributed by atoms with van der Waals surface area (Å²) in [7, 11) is 0. The number of ether oxygens (including phenoxy) is 2. The number of aliphatic hydroxyl groups excluding tert-OH is 1. The van der Waals surface area contributed by atoms with Gasteiger partial charge in [0.2, 0.25) is 0 Å². The molecule has 3 aromatic rings. The van der Waals surface area contributed by atoms with Gasteiger partial charge >= 0.3 is 0 Å². The first-order valence-corrected chi connectivity index (χ1v) is 12.3. The highest BCUT2D eigenvalue weighted by Crippen LogP contribution is 2.80. The summed E-state index contributed by atoms with van der Waals surface area (Å²) in [6.07, 6.45) is 0.701. The molecule has 4 fully saturated rings. The maximum absolute atomic E-state index is 16.3. The summed E-state index contributed by atoms with van der Waals surface area (Å²) < 4.78 is 72.5. The molecule has 2 N–H and O–H groups in total. The van der Waals surface area contributed by atoms with Crippen LogP contribution in [0.2, 0.25) is 0 Å². The Morgan fingerprint density at radius 3 is 2.39 bits per heavy atom. The van der Waals surface area contributed by atoms with Crippen molar-refractivity contribution < 1.29 is 37.2 Å². The molecular weight excluding hydrogens is 508 g/mol. The summed E-state index contributed by atoms with van der Waals surface area (Å²) in [6.45, 7) is 0.344. The van der Waals surface area contributed by atoms with Crippen LogP contribution in [0.25, 0.3) is 0 Å². The Morgan fingerprint density at radius 1 is 1.11 bits per heavy atom. The Morgan fingerprint density at radius 2 is 1.82 bits per heavy atom. The van der Waals surface area contributed by atoms with Crippen LogP contribution in [0.5, 0.6) is 5.75 Å². The van der Waals surface area contributed by atoms with Crippen molar-refractivity contribution in [2.45, 2.75) is 48.8 Å². The molecular formula is C26H26F4N4O4. The van der Waals surface area contributed by atoms with E-state index in [1.807, 2.05) is 12.1 Å². The van der Waals surface area contributed by atoms with Crippen LogP contribution in [0.3, 0.4) is 0 Å². The fourth-order valence-corrected chi connectivity index (χ4v) is 6.23. The zero-order chi connectivity index (χ0) is 26.8. The van der Waals surface area contributed by atoms with Crippen LogP contribution in [-0.4, -0.2) is 62.3 Å². The second-order valence-corrected chi connectivity index (χ2v) is 10.9. The van der Waals surface area contributed by atoms with Crippen molar-refractivity contribution in [1.82, 2.24) is 20.2 Å². The van der Waals surface area contributed by atoms with Gasteiger partial charge in [-0.25, -0.2) is 22.2 Å². The van der Waals surface area contributed by atoms with Crippen LogP contribution in [0.1, 0.15) is 30.4 Å². The van der Waals surface area contributed by atoms with Crippen LogP contribution in [-0.2, 0) is 22.3 Å². The van der Waals surface area contributed by atoms with E-state index in [9.17, 15) is 19.0 Å². The summed E-state index contributed by atoms with van der Waals surface area (Å²) in [6, 6.07) is 9.29. The number of aromatic nitrogens is 4. The molecule has 12 heteroatoms. The molecule has 0 unspecified atom stereocenters. The van der Waals surface area contributed by atoms with Crippen molar-refractivity contribution in [2.75, 3.05) is 19.8 Å². The maximum Gasteiger partial charge on any atom is 0.287 e. The van der Waals surface area contributed by atoms with Crippen molar-refractivity contribution in [1.29, 1.82) is 0 Å². The Bertz CT molecular complexity index is 1300. The first-order valence-electron chi connectivity index (χ1n) is 12.3. The largest absolute Gasteiger partial charge is 0.491 e.